The van der Waals surface area contributed by atoms with E-state index in [2.05, 4.69) is 0 Å². The van der Waals surface area contributed by atoms with Crippen molar-refractivity contribution in [3.05, 3.63) is 23.4 Å². The van der Waals surface area contributed by atoms with Crippen molar-refractivity contribution in [3.63, 3.8) is 0 Å². The second-order valence-electron chi connectivity index (χ2n) is 3.61. The van der Waals surface area contributed by atoms with Crippen LogP contribution >= 0.6 is 11.8 Å². The fourth-order valence-electron chi connectivity index (χ4n) is 1.87. The lowest BCUT2D eigenvalue weighted by molar-refractivity contribution is -0.147. The number of aliphatic carboxylic acids is 1. The highest BCUT2D eigenvalue weighted by atomic mass is 32.2. The van der Waals surface area contributed by atoms with E-state index < -0.39 is 12.0 Å². The predicted molar refractivity (Wildman–Crippen MR) is 60.5 cm³/mol. The Morgan fingerprint density at radius 2 is 2.38 bits per heavy atom. The summed E-state index contributed by atoms with van der Waals surface area (Å²) in [7, 11) is 0. The lowest BCUT2D eigenvalue weighted by Gasteiger charge is -2.47. The first-order chi connectivity index (χ1) is 7.57. The summed E-state index contributed by atoms with van der Waals surface area (Å²) in [6.07, 6.45) is 3.49. The maximum atomic E-state index is 11.5. The molecule has 2 rings (SSSR count). The molecule has 16 heavy (non-hydrogen) atoms. The van der Waals surface area contributed by atoms with Gasteiger partial charge in [0.05, 0.1) is 0 Å². The molecule has 3 N–H and O–H groups in total. The first kappa shape index (κ1) is 11.2. The third-order valence-electron chi connectivity index (χ3n) is 2.61. The number of rotatable bonds is 2. The zero-order valence-electron chi connectivity index (χ0n) is 8.71. The molecule has 0 spiro atoms. The van der Waals surface area contributed by atoms with Crippen molar-refractivity contribution >= 4 is 23.6 Å². The normalized spacial score (nSPS) is 29.4. The molecule has 1 fully saturated rings. The van der Waals surface area contributed by atoms with E-state index in [1.807, 2.05) is 6.92 Å². The first-order valence-electron chi connectivity index (χ1n) is 4.87. The molecule has 86 valence electrons. The summed E-state index contributed by atoms with van der Waals surface area (Å²) in [5.41, 5.74) is 6.35. The summed E-state index contributed by atoms with van der Waals surface area (Å²) in [5, 5.41) is 8.91. The maximum absolute atomic E-state index is 11.5. The third kappa shape index (κ3) is 1.45. The molecule has 2 aliphatic rings. The summed E-state index contributed by atoms with van der Waals surface area (Å²) in [5.74, 6) is -0.802. The molecule has 0 saturated carbocycles. The van der Waals surface area contributed by atoms with E-state index in [0.717, 1.165) is 0 Å². The molecular weight excluding hydrogens is 228 g/mol. The number of nitrogens with zero attached hydrogens (tertiary/aromatic N) is 1. The van der Waals surface area contributed by atoms with Crippen molar-refractivity contribution in [1.29, 1.82) is 0 Å². The van der Waals surface area contributed by atoms with Gasteiger partial charge in [0, 0.05) is 5.75 Å². The van der Waals surface area contributed by atoms with Crippen LogP contribution in [0.1, 0.15) is 6.92 Å². The van der Waals surface area contributed by atoms with E-state index in [4.69, 9.17) is 10.8 Å². The third-order valence-corrected chi connectivity index (χ3v) is 3.93. The summed E-state index contributed by atoms with van der Waals surface area (Å²) in [6, 6.07) is -0.563. The average Bonchev–Trinajstić information content (AvgIpc) is 2.27. The van der Waals surface area contributed by atoms with Gasteiger partial charge < -0.3 is 10.8 Å². The molecule has 2 aliphatic heterocycles. The number of carbonyl (C=O) groups is 2. The van der Waals surface area contributed by atoms with Crippen LogP contribution in [0.25, 0.3) is 0 Å². The Hall–Kier alpha value is -1.27. The SMILES string of the molecule is C/C=C\C1=C(C(=O)O)N2C(=O)C(N)C2SC1. The Labute approximate surface area is 97.0 Å². The van der Waals surface area contributed by atoms with Crippen molar-refractivity contribution in [2.24, 2.45) is 5.73 Å². The molecule has 2 heterocycles. The van der Waals surface area contributed by atoms with Gasteiger partial charge in [0.15, 0.2) is 0 Å². The van der Waals surface area contributed by atoms with Crippen molar-refractivity contribution in [2.75, 3.05) is 5.75 Å². The number of β-lactam (4-membered cyclic amide) rings is 1. The van der Waals surface area contributed by atoms with Gasteiger partial charge in [0.2, 0.25) is 5.91 Å². The van der Waals surface area contributed by atoms with Gasteiger partial charge in [-0.2, -0.15) is 0 Å². The second-order valence-corrected chi connectivity index (χ2v) is 4.72. The van der Waals surface area contributed by atoms with Gasteiger partial charge in [0.1, 0.15) is 17.1 Å². The van der Waals surface area contributed by atoms with E-state index in [9.17, 15) is 9.59 Å². The summed E-state index contributed by atoms with van der Waals surface area (Å²) in [4.78, 5) is 24.0. The lowest BCUT2D eigenvalue weighted by Crippen LogP contribution is -2.68. The molecule has 0 aromatic heterocycles. The molecule has 5 nitrogen and oxygen atoms in total. The molecule has 0 aromatic rings. The number of nitrogens with two attached hydrogens (primary N) is 1. The van der Waals surface area contributed by atoms with Crippen molar-refractivity contribution in [3.8, 4) is 0 Å². The number of carbonyl (C=O) groups excluding carboxylic acids is 1. The molecule has 2 unspecified atom stereocenters. The number of amides is 1. The van der Waals surface area contributed by atoms with Crippen LogP contribution in [-0.4, -0.2) is 39.1 Å². The van der Waals surface area contributed by atoms with E-state index in [1.165, 1.54) is 16.7 Å². The molecule has 0 aromatic carbocycles. The molecular formula is C10H12N2O3S. The van der Waals surface area contributed by atoms with Crippen LogP contribution in [0, 0.1) is 0 Å². The molecule has 0 radical (unpaired) electrons. The van der Waals surface area contributed by atoms with E-state index in [-0.39, 0.29) is 17.0 Å². The van der Waals surface area contributed by atoms with Crippen LogP contribution in [0.2, 0.25) is 0 Å². The standard InChI is InChI=1S/C10H12N2O3S/c1-2-3-5-4-16-9-6(11)8(13)12(9)7(5)10(14)15/h2-3,6,9H,4,11H2,1H3,(H,14,15)/b3-2-. The van der Waals surface area contributed by atoms with Crippen LogP contribution in [0.5, 0.6) is 0 Å². The van der Waals surface area contributed by atoms with E-state index in [1.54, 1.807) is 12.2 Å². The minimum absolute atomic E-state index is 0.0774. The number of hydrogen-bond donors (Lipinski definition) is 2. The fourth-order valence-corrected chi connectivity index (χ4v) is 3.13. The predicted octanol–water partition coefficient (Wildman–Crippen LogP) is 0.144. The van der Waals surface area contributed by atoms with E-state index >= 15 is 0 Å². The van der Waals surface area contributed by atoms with Crippen LogP contribution in [0.4, 0.5) is 0 Å². The van der Waals surface area contributed by atoms with Crippen LogP contribution in [0.3, 0.4) is 0 Å². The zero-order chi connectivity index (χ0) is 11.9. The minimum Gasteiger partial charge on any atom is -0.477 e. The summed E-state index contributed by atoms with van der Waals surface area (Å²) in [6.45, 7) is 1.81. The summed E-state index contributed by atoms with van der Waals surface area (Å²) >= 11 is 1.50. The van der Waals surface area contributed by atoms with Gasteiger partial charge in [-0.1, -0.05) is 12.2 Å². The number of carboxylic acids is 1. The summed E-state index contributed by atoms with van der Waals surface area (Å²) < 4.78 is 0. The molecule has 1 saturated heterocycles. The van der Waals surface area contributed by atoms with Crippen LogP contribution < -0.4 is 5.73 Å². The maximum Gasteiger partial charge on any atom is 0.352 e. The molecule has 1 amide bonds. The zero-order valence-corrected chi connectivity index (χ0v) is 9.53. The monoisotopic (exact) mass is 240 g/mol. The highest BCUT2D eigenvalue weighted by molar-refractivity contribution is 8.00. The highest BCUT2D eigenvalue weighted by Gasteiger charge is 2.51. The highest BCUT2D eigenvalue weighted by Crippen LogP contribution is 2.39. The van der Waals surface area contributed by atoms with Gasteiger partial charge in [-0.3, -0.25) is 9.69 Å². The first-order valence-corrected chi connectivity index (χ1v) is 5.92. The fraction of sp³-hybridized carbons (Fsp3) is 0.400. The van der Waals surface area contributed by atoms with Gasteiger partial charge in [-0.25, -0.2) is 4.79 Å². The van der Waals surface area contributed by atoms with Gasteiger partial charge in [0.25, 0.3) is 0 Å². The molecule has 6 heteroatoms. The van der Waals surface area contributed by atoms with Crippen LogP contribution in [-0.2, 0) is 9.59 Å². The van der Waals surface area contributed by atoms with Crippen LogP contribution in [0.15, 0.2) is 23.4 Å². The smallest absolute Gasteiger partial charge is 0.352 e. The van der Waals surface area contributed by atoms with Crippen molar-refractivity contribution < 1.29 is 14.7 Å². The Bertz CT molecular complexity index is 416. The second kappa shape index (κ2) is 3.95. The number of carboxylic acid groups (broad SMARTS) is 1. The van der Waals surface area contributed by atoms with Gasteiger partial charge in [-0.15, -0.1) is 11.8 Å². The van der Waals surface area contributed by atoms with Gasteiger partial charge >= 0.3 is 5.97 Å². The Morgan fingerprint density at radius 1 is 1.69 bits per heavy atom. The number of thioether (sulfide) groups is 1. The number of fused-ring (bicyclic) bond motifs is 1. The Kier molecular flexibility index (Phi) is 2.77. The van der Waals surface area contributed by atoms with Crippen molar-refractivity contribution in [1.82, 2.24) is 4.90 Å². The van der Waals surface area contributed by atoms with E-state index in [0.29, 0.717) is 11.3 Å². The molecule has 2 atom stereocenters. The number of allylic oxidation sites excluding steroid dienone is 2. The largest absolute Gasteiger partial charge is 0.477 e. The molecule has 0 aliphatic carbocycles. The van der Waals surface area contributed by atoms with Gasteiger partial charge in [-0.05, 0) is 12.5 Å². The molecule has 0 bridgehead atoms. The quantitative estimate of drug-likeness (QED) is 0.671. The van der Waals surface area contributed by atoms with Crippen molar-refractivity contribution in [2.45, 2.75) is 18.3 Å². The Morgan fingerprint density at radius 3 is 2.94 bits per heavy atom. The number of hydrogen-bond acceptors (Lipinski definition) is 4. The minimum atomic E-state index is -1.07. The average molecular weight is 240 g/mol. The topological polar surface area (TPSA) is 83.6 Å². The Balaban J connectivity index is 2.41. The lowest BCUT2D eigenvalue weighted by atomic mass is 10.0.